The highest BCUT2D eigenvalue weighted by Gasteiger charge is 2.23. The first-order valence-electron chi connectivity index (χ1n) is 9.80. The van der Waals surface area contributed by atoms with E-state index in [0.717, 1.165) is 18.6 Å². The van der Waals surface area contributed by atoms with Gasteiger partial charge in [0, 0.05) is 41.5 Å². The highest BCUT2D eigenvalue weighted by molar-refractivity contribution is 7.89. The summed E-state index contributed by atoms with van der Waals surface area (Å²) < 4.78 is 55.4. The molecule has 0 amide bonds. The maximum Gasteiger partial charge on any atom is 0.257 e. The fraction of sp³-hybridized carbons (Fsp3) is 0.174. The Labute approximate surface area is 185 Å². The van der Waals surface area contributed by atoms with Crippen molar-refractivity contribution in [3.63, 3.8) is 0 Å². The molecule has 6 nitrogen and oxygen atoms in total. The van der Waals surface area contributed by atoms with E-state index in [9.17, 15) is 17.8 Å². The lowest BCUT2D eigenvalue weighted by Gasteiger charge is -2.22. The summed E-state index contributed by atoms with van der Waals surface area (Å²) in [5, 5.41) is 1.25. The third-order valence-electron chi connectivity index (χ3n) is 4.99. The van der Waals surface area contributed by atoms with E-state index in [0.29, 0.717) is 41.2 Å². The second-order valence-corrected chi connectivity index (χ2v) is 8.30. The molecule has 3 aromatic rings. The van der Waals surface area contributed by atoms with Crippen LogP contribution >= 0.6 is 0 Å². The normalized spacial score (nSPS) is 13.6. The summed E-state index contributed by atoms with van der Waals surface area (Å²) in [6, 6.07) is 7.86. The van der Waals surface area contributed by atoms with Crippen LogP contribution in [0, 0.1) is 11.6 Å². The molecule has 1 atom stereocenters. The number of anilines is 1. The minimum Gasteiger partial charge on any atom is -0.492 e. The van der Waals surface area contributed by atoms with Gasteiger partial charge in [-0.15, -0.1) is 0 Å². The SMILES string of the molecule is C=CS(=O)Nc1ccc(Oc2ccc(F)cc2F)c(-c2cn(C)c(=O)c3c2OCCC3)c1. The van der Waals surface area contributed by atoms with Gasteiger partial charge in [0.15, 0.2) is 11.6 Å². The lowest BCUT2D eigenvalue weighted by molar-refractivity contribution is 0.287. The summed E-state index contributed by atoms with van der Waals surface area (Å²) in [5.74, 6) is -1.06. The Hall–Kier alpha value is -3.46. The van der Waals surface area contributed by atoms with E-state index in [-0.39, 0.29) is 17.1 Å². The molecule has 9 heteroatoms. The zero-order chi connectivity index (χ0) is 22.8. The molecule has 1 N–H and O–H groups in total. The molecule has 2 aromatic carbocycles. The van der Waals surface area contributed by atoms with E-state index in [4.69, 9.17) is 9.47 Å². The Balaban J connectivity index is 1.89. The molecule has 0 aliphatic carbocycles. The highest BCUT2D eigenvalue weighted by Crippen LogP contribution is 2.42. The maximum absolute atomic E-state index is 14.3. The summed E-state index contributed by atoms with van der Waals surface area (Å²) in [7, 11) is 0.116. The second kappa shape index (κ2) is 8.96. The molecule has 0 radical (unpaired) electrons. The molecule has 166 valence electrons. The average Bonchev–Trinajstić information content (AvgIpc) is 2.79. The third kappa shape index (κ3) is 4.29. The number of aromatic nitrogens is 1. The van der Waals surface area contributed by atoms with Crippen LogP contribution in [-0.4, -0.2) is 15.4 Å². The Morgan fingerprint density at radius 1 is 1.19 bits per heavy atom. The lowest BCUT2D eigenvalue weighted by Crippen LogP contribution is -2.25. The van der Waals surface area contributed by atoms with E-state index in [1.165, 1.54) is 16.0 Å². The zero-order valence-corrected chi connectivity index (χ0v) is 18.0. The van der Waals surface area contributed by atoms with Gasteiger partial charge >= 0.3 is 0 Å². The molecule has 32 heavy (non-hydrogen) atoms. The van der Waals surface area contributed by atoms with Gasteiger partial charge < -0.3 is 18.8 Å². The fourth-order valence-corrected chi connectivity index (χ4v) is 3.95. The van der Waals surface area contributed by atoms with Crippen molar-refractivity contribution < 1.29 is 22.5 Å². The van der Waals surface area contributed by atoms with Crippen LogP contribution in [0.3, 0.4) is 0 Å². The first-order valence-corrected chi connectivity index (χ1v) is 11.0. The van der Waals surface area contributed by atoms with Gasteiger partial charge in [-0.25, -0.2) is 13.0 Å². The highest BCUT2D eigenvalue weighted by atomic mass is 32.2. The molecule has 1 aromatic heterocycles. The van der Waals surface area contributed by atoms with Crippen LogP contribution in [0.15, 0.2) is 59.4 Å². The van der Waals surface area contributed by atoms with Gasteiger partial charge in [-0.3, -0.25) is 4.79 Å². The summed E-state index contributed by atoms with van der Waals surface area (Å²) in [6.07, 6.45) is 2.90. The molecule has 1 aliphatic heterocycles. The largest absolute Gasteiger partial charge is 0.492 e. The molecular weight excluding hydrogens is 438 g/mol. The number of pyridine rings is 1. The van der Waals surface area contributed by atoms with Crippen LogP contribution in [-0.2, 0) is 24.5 Å². The van der Waals surface area contributed by atoms with Crippen molar-refractivity contribution in [1.82, 2.24) is 4.57 Å². The van der Waals surface area contributed by atoms with Gasteiger partial charge in [0.2, 0.25) is 0 Å². The Morgan fingerprint density at radius 2 is 1.97 bits per heavy atom. The Bertz CT molecular complexity index is 1290. The van der Waals surface area contributed by atoms with Crippen LogP contribution in [0.5, 0.6) is 17.2 Å². The molecule has 0 saturated carbocycles. The number of nitrogens with one attached hydrogen (secondary N) is 1. The number of nitrogens with zero attached hydrogens (tertiary/aromatic N) is 1. The second-order valence-electron chi connectivity index (χ2n) is 7.17. The number of halogens is 2. The van der Waals surface area contributed by atoms with Crippen molar-refractivity contribution in [1.29, 1.82) is 0 Å². The molecule has 4 rings (SSSR count). The third-order valence-corrected chi connectivity index (χ3v) is 5.73. The number of hydrogen-bond acceptors (Lipinski definition) is 4. The van der Waals surface area contributed by atoms with E-state index in [1.54, 1.807) is 31.4 Å². The Kier molecular flexibility index (Phi) is 6.09. The lowest BCUT2D eigenvalue weighted by atomic mass is 9.99. The van der Waals surface area contributed by atoms with Gasteiger partial charge in [0.25, 0.3) is 5.56 Å². The van der Waals surface area contributed by atoms with Crippen molar-refractivity contribution >= 4 is 16.7 Å². The van der Waals surface area contributed by atoms with Gasteiger partial charge in [-0.2, -0.15) is 0 Å². The standard InChI is InChI=1S/C23H20F2N2O4S/c1-3-32(29)26-15-7-9-20(31-21-8-6-14(24)11-19(21)25)17(12-15)18-13-27(2)23(28)16-5-4-10-30-22(16)18/h3,6-9,11-13,26H,1,4-5,10H2,2H3. The van der Waals surface area contributed by atoms with Crippen molar-refractivity contribution in [2.24, 2.45) is 7.05 Å². The van der Waals surface area contributed by atoms with Crippen LogP contribution in [0.25, 0.3) is 11.1 Å². The number of ether oxygens (including phenoxy) is 2. The van der Waals surface area contributed by atoms with E-state index < -0.39 is 22.6 Å². The van der Waals surface area contributed by atoms with Gasteiger partial charge in [-0.05, 0) is 43.2 Å². The number of aryl methyl sites for hydroxylation is 1. The summed E-state index contributed by atoms with van der Waals surface area (Å²) in [4.78, 5) is 12.6. The van der Waals surface area contributed by atoms with Crippen LogP contribution in [0.4, 0.5) is 14.5 Å². The van der Waals surface area contributed by atoms with Crippen molar-refractivity contribution in [2.45, 2.75) is 12.8 Å². The number of rotatable bonds is 6. The van der Waals surface area contributed by atoms with Crippen molar-refractivity contribution in [3.05, 3.63) is 82.1 Å². The molecule has 0 bridgehead atoms. The molecule has 0 fully saturated rings. The van der Waals surface area contributed by atoms with E-state index in [2.05, 4.69) is 11.3 Å². The molecule has 1 aliphatic rings. The van der Waals surface area contributed by atoms with Crippen molar-refractivity contribution in [2.75, 3.05) is 11.3 Å². The average molecular weight is 458 g/mol. The summed E-state index contributed by atoms with van der Waals surface area (Å²) in [6.45, 7) is 3.94. The van der Waals surface area contributed by atoms with Crippen LogP contribution in [0.1, 0.15) is 12.0 Å². The fourth-order valence-electron chi connectivity index (χ4n) is 3.51. The van der Waals surface area contributed by atoms with Crippen LogP contribution < -0.4 is 19.8 Å². The van der Waals surface area contributed by atoms with Gasteiger partial charge in [0.05, 0.1) is 12.2 Å². The van der Waals surface area contributed by atoms with Crippen LogP contribution in [0.2, 0.25) is 0 Å². The zero-order valence-electron chi connectivity index (χ0n) is 17.2. The van der Waals surface area contributed by atoms with E-state index in [1.807, 2.05) is 0 Å². The van der Waals surface area contributed by atoms with Gasteiger partial charge in [-0.1, -0.05) is 6.58 Å². The predicted octanol–water partition coefficient (Wildman–Crippen LogP) is 4.67. The maximum atomic E-state index is 14.3. The minimum absolute atomic E-state index is 0.155. The molecular formula is C23H20F2N2O4S. The first kappa shape index (κ1) is 21.8. The molecule has 1 unspecified atom stereocenters. The number of fused-ring (bicyclic) bond motifs is 1. The minimum atomic E-state index is -1.52. The number of benzene rings is 2. The van der Waals surface area contributed by atoms with Gasteiger partial charge in [0.1, 0.15) is 28.3 Å². The summed E-state index contributed by atoms with van der Waals surface area (Å²) in [5.41, 5.74) is 1.92. The Morgan fingerprint density at radius 3 is 2.72 bits per heavy atom. The topological polar surface area (TPSA) is 69.6 Å². The number of hydrogen-bond donors (Lipinski definition) is 1. The summed E-state index contributed by atoms with van der Waals surface area (Å²) >= 11 is 0. The first-order chi connectivity index (χ1) is 15.4. The predicted molar refractivity (Wildman–Crippen MR) is 119 cm³/mol. The molecule has 0 saturated heterocycles. The van der Waals surface area contributed by atoms with Crippen molar-refractivity contribution in [3.8, 4) is 28.4 Å². The monoisotopic (exact) mass is 458 g/mol. The molecule has 2 heterocycles. The smallest absolute Gasteiger partial charge is 0.257 e. The van der Waals surface area contributed by atoms with E-state index >= 15 is 0 Å². The quantitative estimate of drug-likeness (QED) is 0.583. The molecule has 0 spiro atoms.